The summed E-state index contributed by atoms with van der Waals surface area (Å²) in [7, 11) is 1.95. The van der Waals surface area contributed by atoms with E-state index in [4.69, 9.17) is 0 Å². The van der Waals surface area contributed by atoms with Crippen LogP contribution in [0.15, 0.2) is 48.5 Å². The third-order valence-electron chi connectivity index (χ3n) is 3.32. The van der Waals surface area contributed by atoms with Crippen LogP contribution in [0.3, 0.4) is 0 Å². The quantitative estimate of drug-likeness (QED) is 0.654. The highest BCUT2D eigenvalue weighted by Crippen LogP contribution is 2.09. The number of hydrogen-bond acceptors (Lipinski definition) is 2. The van der Waals surface area contributed by atoms with Crippen LogP contribution in [-0.2, 0) is 11.3 Å². The highest BCUT2D eigenvalue weighted by atomic mass is 16.2. The Morgan fingerprint density at radius 2 is 1.19 bits per heavy atom. The average Bonchev–Trinajstić information content (AvgIpc) is 2.70. The molecule has 0 spiro atoms. The van der Waals surface area contributed by atoms with E-state index < -0.39 is 0 Å². The molecule has 0 aliphatic rings. The molecule has 0 atom stereocenters. The zero-order valence-electron chi connectivity index (χ0n) is 18.9. The van der Waals surface area contributed by atoms with Gasteiger partial charge < -0.3 is 5.32 Å². The fraction of sp³-hybridized carbons (Fsp3) is 0.458. The summed E-state index contributed by atoms with van der Waals surface area (Å²) < 4.78 is 0. The van der Waals surface area contributed by atoms with Crippen molar-refractivity contribution in [3.8, 4) is 0 Å². The summed E-state index contributed by atoms with van der Waals surface area (Å²) in [5.41, 5.74) is 4.49. The van der Waals surface area contributed by atoms with Crippen molar-refractivity contribution in [1.29, 1.82) is 0 Å². The highest BCUT2D eigenvalue weighted by Gasteiger charge is 2.07. The van der Waals surface area contributed by atoms with Gasteiger partial charge in [-0.15, -0.1) is 0 Å². The molecule has 2 rings (SSSR count). The Morgan fingerprint density at radius 1 is 0.778 bits per heavy atom. The first kappa shape index (κ1) is 27.1. The van der Waals surface area contributed by atoms with E-state index in [0.717, 1.165) is 12.2 Å². The number of aryl methyl sites for hydroxylation is 2. The lowest BCUT2D eigenvalue weighted by atomic mass is 10.1. The molecule has 27 heavy (non-hydrogen) atoms. The van der Waals surface area contributed by atoms with Crippen LogP contribution in [0, 0.1) is 13.8 Å². The van der Waals surface area contributed by atoms with Crippen molar-refractivity contribution in [3.63, 3.8) is 0 Å². The van der Waals surface area contributed by atoms with Gasteiger partial charge in [-0.3, -0.25) is 9.69 Å². The number of carbonyl (C=O) groups excluding carboxylic acids is 1. The predicted octanol–water partition coefficient (Wildman–Crippen LogP) is 6.45. The standard InChI is InChI=1S/C18H22N2O.3C2H6/c1-14-4-8-16(9-5-14)12-20(3)13-18(21)19-17-10-6-15(2)7-11-17;3*1-2/h4-11H,12-13H2,1-3H3,(H,19,21);3*1-2H3. The minimum absolute atomic E-state index is 0.00784. The highest BCUT2D eigenvalue weighted by molar-refractivity contribution is 5.92. The third kappa shape index (κ3) is 12.8. The molecule has 1 amide bonds. The van der Waals surface area contributed by atoms with E-state index in [0.29, 0.717) is 6.54 Å². The maximum absolute atomic E-state index is 12.0. The van der Waals surface area contributed by atoms with Gasteiger partial charge in [0.1, 0.15) is 0 Å². The van der Waals surface area contributed by atoms with Gasteiger partial charge in [0.2, 0.25) is 5.91 Å². The monoisotopic (exact) mass is 372 g/mol. The van der Waals surface area contributed by atoms with Gasteiger partial charge in [0.25, 0.3) is 0 Å². The molecular weight excluding hydrogens is 332 g/mol. The molecule has 0 aliphatic heterocycles. The number of rotatable bonds is 5. The molecule has 1 N–H and O–H groups in total. The fourth-order valence-corrected chi connectivity index (χ4v) is 2.14. The Balaban J connectivity index is 0. The van der Waals surface area contributed by atoms with Crippen molar-refractivity contribution in [2.24, 2.45) is 0 Å². The van der Waals surface area contributed by atoms with E-state index in [2.05, 4.69) is 36.5 Å². The summed E-state index contributed by atoms with van der Waals surface area (Å²) in [5, 5.41) is 2.91. The van der Waals surface area contributed by atoms with Crippen LogP contribution in [0.5, 0.6) is 0 Å². The fourth-order valence-electron chi connectivity index (χ4n) is 2.14. The van der Waals surface area contributed by atoms with Gasteiger partial charge in [-0.05, 0) is 38.6 Å². The van der Waals surface area contributed by atoms with Crippen LogP contribution >= 0.6 is 0 Å². The molecule has 0 aromatic heterocycles. The third-order valence-corrected chi connectivity index (χ3v) is 3.32. The van der Waals surface area contributed by atoms with Gasteiger partial charge >= 0.3 is 0 Å². The van der Waals surface area contributed by atoms with Crippen LogP contribution in [-0.4, -0.2) is 24.4 Å². The van der Waals surface area contributed by atoms with Crippen LogP contribution in [0.4, 0.5) is 5.69 Å². The van der Waals surface area contributed by atoms with Gasteiger partial charge in [0.15, 0.2) is 0 Å². The molecule has 2 aromatic carbocycles. The van der Waals surface area contributed by atoms with Crippen molar-refractivity contribution in [2.45, 2.75) is 61.9 Å². The van der Waals surface area contributed by atoms with E-state index in [-0.39, 0.29) is 5.91 Å². The molecule has 0 saturated carbocycles. The van der Waals surface area contributed by atoms with Crippen LogP contribution < -0.4 is 5.32 Å². The number of nitrogens with one attached hydrogen (secondary N) is 1. The van der Waals surface area contributed by atoms with E-state index >= 15 is 0 Å². The molecule has 0 fully saturated rings. The summed E-state index contributed by atoms with van der Waals surface area (Å²) in [5.74, 6) is 0.00784. The van der Waals surface area contributed by atoms with Crippen molar-refractivity contribution >= 4 is 11.6 Å². The number of amides is 1. The second-order valence-corrected chi connectivity index (χ2v) is 5.57. The molecule has 0 saturated heterocycles. The molecule has 0 aliphatic carbocycles. The molecule has 0 bridgehead atoms. The minimum Gasteiger partial charge on any atom is -0.325 e. The lowest BCUT2D eigenvalue weighted by Gasteiger charge is -2.16. The van der Waals surface area contributed by atoms with Crippen LogP contribution in [0.2, 0.25) is 0 Å². The van der Waals surface area contributed by atoms with Gasteiger partial charge in [-0.2, -0.15) is 0 Å². The maximum Gasteiger partial charge on any atom is 0.238 e. The summed E-state index contributed by atoms with van der Waals surface area (Å²) in [6.45, 7) is 17.2. The van der Waals surface area contributed by atoms with Crippen molar-refractivity contribution < 1.29 is 4.79 Å². The average molecular weight is 373 g/mol. The summed E-state index contributed by atoms with van der Waals surface area (Å²) in [6.07, 6.45) is 0. The maximum atomic E-state index is 12.0. The summed E-state index contributed by atoms with van der Waals surface area (Å²) in [6, 6.07) is 16.2. The molecule has 0 radical (unpaired) electrons. The number of anilines is 1. The van der Waals surface area contributed by atoms with Crippen molar-refractivity contribution in [1.82, 2.24) is 4.90 Å². The van der Waals surface area contributed by atoms with Crippen molar-refractivity contribution in [2.75, 3.05) is 18.9 Å². The molecule has 0 unspecified atom stereocenters. The van der Waals surface area contributed by atoms with E-state index in [1.54, 1.807) is 0 Å². The second-order valence-electron chi connectivity index (χ2n) is 5.57. The molecular formula is C24H40N2O. The Bertz CT molecular complexity index is 589. The number of hydrogen-bond donors (Lipinski definition) is 1. The smallest absolute Gasteiger partial charge is 0.238 e. The normalized spacial score (nSPS) is 8.96. The zero-order valence-corrected chi connectivity index (χ0v) is 18.9. The van der Waals surface area contributed by atoms with E-state index in [1.807, 2.05) is 84.7 Å². The zero-order chi connectivity index (χ0) is 21.2. The van der Waals surface area contributed by atoms with Crippen LogP contribution in [0.1, 0.15) is 58.2 Å². The topological polar surface area (TPSA) is 32.3 Å². The van der Waals surface area contributed by atoms with E-state index in [1.165, 1.54) is 16.7 Å². The van der Waals surface area contributed by atoms with Gasteiger partial charge in [0, 0.05) is 12.2 Å². The summed E-state index contributed by atoms with van der Waals surface area (Å²) >= 11 is 0. The van der Waals surface area contributed by atoms with Gasteiger partial charge in [-0.25, -0.2) is 0 Å². The second kappa shape index (κ2) is 17.3. The SMILES string of the molecule is CC.CC.CC.Cc1ccc(CN(C)CC(=O)Nc2ccc(C)cc2)cc1. The van der Waals surface area contributed by atoms with Gasteiger partial charge in [0.05, 0.1) is 6.54 Å². The molecule has 3 heteroatoms. The Hall–Kier alpha value is -2.13. The molecule has 0 heterocycles. The lowest BCUT2D eigenvalue weighted by molar-refractivity contribution is -0.117. The molecule has 152 valence electrons. The Kier molecular flexibility index (Phi) is 17.4. The Morgan fingerprint density at radius 3 is 1.63 bits per heavy atom. The largest absolute Gasteiger partial charge is 0.325 e. The van der Waals surface area contributed by atoms with Crippen LogP contribution in [0.25, 0.3) is 0 Å². The first-order valence-corrected chi connectivity index (χ1v) is 10.1. The number of likely N-dealkylation sites (N-methyl/N-ethyl adjacent to an activating group) is 1. The number of carbonyl (C=O) groups is 1. The first-order valence-electron chi connectivity index (χ1n) is 10.1. The summed E-state index contributed by atoms with van der Waals surface area (Å²) in [4.78, 5) is 14.0. The van der Waals surface area contributed by atoms with Gasteiger partial charge in [-0.1, -0.05) is 89.1 Å². The number of nitrogens with zero attached hydrogens (tertiary/aromatic N) is 1. The predicted molar refractivity (Wildman–Crippen MR) is 121 cm³/mol. The van der Waals surface area contributed by atoms with E-state index in [9.17, 15) is 4.79 Å². The molecule has 2 aromatic rings. The minimum atomic E-state index is 0.00784. The lowest BCUT2D eigenvalue weighted by Crippen LogP contribution is -2.29. The number of benzene rings is 2. The first-order chi connectivity index (χ1) is 13.0. The Labute approximate surface area is 167 Å². The van der Waals surface area contributed by atoms with Crippen molar-refractivity contribution in [3.05, 3.63) is 65.2 Å². The molecule has 3 nitrogen and oxygen atoms in total.